The van der Waals surface area contributed by atoms with Crippen LogP contribution in [0, 0.1) is 0 Å². The highest BCUT2D eigenvalue weighted by atomic mass is 35.5. The zero-order valence-electron chi connectivity index (χ0n) is 22.2. The molecule has 0 spiro atoms. The van der Waals surface area contributed by atoms with Crippen molar-refractivity contribution in [3.8, 4) is 0 Å². The molecule has 4 aromatic rings. The summed E-state index contributed by atoms with van der Waals surface area (Å²) in [6.07, 6.45) is -0.402. The first kappa shape index (κ1) is 27.3. The van der Waals surface area contributed by atoms with Crippen molar-refractivity contribution in [3.05, 3.63) is 131 Å². The Hall–Kier alpha value is -2.84. The number of hydrogen-bond acceptors (Lipinski definition) is 6. The molecule has 6 nitrogen and oxygen atoms in total. The molecule has 2 fully saturated rings. The third kappa shape index (κ3) is 5.16. The van der Waals surface area contributed by atoms with Gasteiger partial charge in [-0.1, -0.05) is 103 Å². The molecule has 0 aliphatic carbocycles. The Balaban J connectivity index is 1.37. The van der Waals surface area contributed by atoms with E-state index >= 15 is 0 Å². The topological polar surface area (TPSA) is 62.7 Å². The number of halogens is 2. The molecule has 2 aliphatic heterocycles. The standard InChI is InChI=1S/C32H30Cl2N2O4/c1-31(2)39-28-25(38-29(30(28)40-31)27(34)24-18-26(33)36-20-35-24)19-37-32(21-12-6-3-7-13-21,22-14-8-4-9-15-22)23-16-10-5-11-17-23/h3-18,20,25,27-30H,19H2,1-2H3/t25-,27?,28-,29?,30-/m1/s1. The summed E-state index contributed by atoms with van der Waals surface area (Å²) in [5, 5.41) is -0.315. The molecule has 2 saturated heterocycles. The zero-order chi connectivity index (χ0) is 27.7. The van der Waals surface area contributed by atoms with Gasteiger partial charge in [0.1, 0.15) is 46.9 Å². The van der Waals surface area contributed by atoms with Crippen LogP contribution in [0.15, 0.2) is 103 Å². The van der Waals surface area contributed by atoms with Gasteiger partial charge < -0.3 is 18.9 Å². The average Bonchev–Trinajstić information content (AvgIpc) is 3.47. The summed E-state index contributed by atoms with van der Waals surface area (Å²) >= 11 is 13.1. The molecule has 0 amide bonds. The third-order valence-corrected chi connectivity index (χ3v) is 8.10. The van der Waals surface area contributed by atoms with E-state index < -0.39 is 41.2 Å². The van der Waals surface area contributed by atoms with Crippen molar-refractivity contribution in [2.24, 2.45) is 0 Å². The van der Waals surface area contributed by atoms with E-state index in [1.807, 2.05) is 68.4 Å². The number of benzene rings is 3. The van der Waals surface area contributed by atoms with Crippen molar-refractivity contribution in [1.82, 2.24) is 9.97 Å². The Morgan fingerprint density at radius 3 is 1.88 bits per heavy atom. The maximum atomic E-state index is 7.05. The van der Waals surface area contributed by atoms with Crippen LogP contribution in [0.4, 0.5) is 0 Å². The number of hydrogen-bond donors (Lipinski definition) is 0. The lowest BCUT2D eigenvalue weighted by Crippen LogP contribution is -2.39. The van der Waals surface area contributed by atoms with Crippen LogP contribution in [0.5, 0.6) is 0 Å². The number of alkyl halides is 1. The summed E-state index contributed by atoms with van der Waals surface area (Å²) in [6.45, 7) is 4.02. The molecule has 3 heterocycles. The second-order valence-corrected chi connectivity index (χ2v) is 11.3. The summed E-state index contributed by atoms with van der Waals surface area (Å²) < 4.78 is 26.3. The molecule has 206 valence electrons. The smallest absolute Gasteiger partial charge is 0.164 e. The van der Waals surface area contributed by atoms with Crippen molar-refractivity contribution >= 4 is 23.2 Å². The molecular weight excluding hydrogens is 547 g/mol. The van der Waals surface area contributed by atoms with Gasteiger partial charge in [0.05, 0.1) is 12.3 Å². The molecule has 2 unspecified atom stereocenters. The summed E-state index contributed by atoms with van der Waals surface area (Å²) in [5.41, 5.74) is 2.69. The minimum Gasteiger partial charge on any atom is -0.365 e. The number of fused-ring (bicyclic) bond motifs is 1. The van der Waals surface area contributed by atoms with Gasteiger partial charge in [-0.25, -0.2) is 9.97 Å². The van der Waals surface area contributed by atoms with Gasteiger partial charge in [-0.2, -0.15) is 0 Å². The van der Waals surface area contributed by atoms with E-state index in [1.54, 1.807) is 6.07 Å². The summed E-state index contributed by atoms with van der Waals surface area (Å²) in [4.78, 5) is 8.30. The number of aromatic nitrogens is 2. The molecule has 8 heteroatoms. The number of rotatable bonds is 8. The summed E-state index contributed by atoms with van der Waals surface area (Å²) in [6, 6.07) is 32.4. The van der Waals surface area contributed by atoms with E-state index in [-0.39, 0.29) is 6.61 Å². The minimum absolute atomic E-state index is 0.226. The third-order valence-electron chi connectivity index (χ3n) is 7.42. The van der Waals surface area contributed by atoms with Crippen LogP contribution >= 0.6 is 23.2 Å². The largest absolute Gasteiger partial charge is 0.365 e. The van der Waals surface area contributed by atoms with Crippen molar-refractivity contribution < 1.29 is 18.9 Å². The van der Waals surface area contributed by atoms with Gasteiger partial charge in [-0.05, 0) is 36.6 Å². The second kappa shape index (κ2) is 11.2. The van der Waals surface area contributed by atoms with Gasteiger partial charge in [0, 0.05) is 0 Å². The monoisotopic (exact) mass is 576 g/mol. The molecule has 0 N–H and O–H groups in total. The fourth-order valence-corrected chi connectivity index (χ4v) is 6.20. The lowest BCUT2D eigenvalue weighted by atomic mass is 9.80. The Morgan fingerprint density at radius 2 is 1.35 bits per heavy atom. The van der Waals surface area contributed by atoms with E-state index in [1.165, 1.54) is 6.33 Å². The lowest BCUT2D eigenvalue weighted by molar-refractivity contribution is -0.195. The quantitative estimate of drug-likeness (QED) is 0.132. The maximum Gasteiger partial charge on any atom is 0.164 e. The maximum absolute atomic E-state index is 7.05. The molecule has 5 atom stereocenters. The average molecular weight is 578 g/mol. The van der Waals surface area contributed by atoms with Crippen LogP contribution in [0.3, 0.4) is 0 Å². The molecular formula is C32H30Cl2N2O4. The molecule has 0 saturated carbocycles. The molecule has 1 aromatic heterocycles. The Labute approximate surface area is 244 Å². The highest BCUT2D eigenvalue weighted by molar-refractivity contribution is 6.29. The van der Waals surface area contributed by atoms with Crippen molar-refractivity contribution in [3.63, 3.8) is 0 Å². The first-order valence-corrected chi connectivity index (χ1v) is 14.1. The molecule has 0 bridgehead atoms. The van der Waals surface area contributed by atoms with Gasteiger partial charge in [0.2, 0.25) is 0 Å². The molecule has 2 aliphatic rings. The number of nitrogens with zero attached hydrogens (tertiary/aromatic N) is 2. The number of ether oxygens (including phenoxy) is 4. The fourth-order valence-electron chi connectivity index (χ4n) is 5.73. The normalized spacial score (nSPS) is 24.5. The fraction of sp³-hybridized carbons (Fsp3) is 0.312. The van der Waals surface area contributed by atoms with Crippen LogP contribution in [0.25, 0.3) is 0 Å². The van der Waals surface area contributed by atoms with E-state index in [0.29, 0.717) is 10.8 Å². The van der Waals surface area contributed by atoms with E-state index in [4.69, 9.17) is 42.1 Å². The molecule has 3 aromatic carbocycles. The SMILES string of the molecule is CC1(C)O[C@@H]2[C@@H](COC(c3ccccc3)(c3ccccc3)c3ccccc3)OC(C(Cl)c3cc(Cl)ncn3)[C@@H]2O1. The highest BCUT2D eigenvalue weighted by Crippen LogP contribution is 2.46. The van der Waals surface area contributed by atoms with Crippen LogP contribution in [0.1, 0.15) is 41.6 Å². The Morgan fingerprint density at radius 1 is 0.825 bits per heavy atom. The van der Waals surface area contributed by atoms with Gasteiger partial charge in [-0.3, -0.25) is 0 Å². The molecule has 6 rings (SSSR count). The van der Waals surface area contributed by atoms with Gasteiger partial charge >= 0.3 is 0 Å². The van der Waals surface area contributed by atoms with Crippen LogP contribution in [-0.2, 0) is 24.5 Å². The zero-order valence-corrected chi connectivity index (χ0v) is 23.7. The van der Waals surface area contributed by atoms with Crippen molar-refractivity contribution in [2.45, 2.75) is 55.0 Å². The second-order valence-electron chi connectivity index (χ2n) is 10.5. The summed E-state index contributed by atoms with van der Waals surface area (Å²) in [7, 11) is 0. The van der Waals surface area contributed by atoms with Gasteiger partial charge in [0.25, 0.3) is 0 Å². The minimum atomic E-state index is -0.893. The van der Waals surface area contributed by atoms with Crippen molar-refractivity contribution in [2.75, 3.05) is 6.61 Å². The predicted molar refractivity (Wildman–Crippen MR) is 153 cm³/mol. The van der Waals surface area contributed by atoms with E-state index in [0.717, 1.165) is 16.7 Å². The first-order chi connectivity index (χ1) is 19.4. The molecule has 40 heavy (non-hydrogen) atoms. The van der Waals surface area contributed by atoms with E-state index in [2.05, 4.69) is 46.4 Å². The highest BCUT2D eigenvalue weighted by Gasteiger charge is 2.57. The van der Waals surface area contributed by atoms with Crippen LogP contribution in [0.2, 0.25) is 5.15 Å². The lowest BCUT2D eigenvalue weighted by Gasteiger charge is -2.37. The Kier molecular flexibility index (Phi) is 7.66. The Bertz CT molecular complexity index is 1330. The van der Waals surface area contributed by atoms with Gasteiger partial charge in [0.15, 0.2) is 5.79 Å². The van der Waals surface area contributed by atoms with Crippen molar-refractivity contribution in [1.29, 1.82) is 0 Å². The predicted octanol–water partition coefficient (Wildman–Crippen LogP) is 6.71. The summed E-state index contributed by atoms with van der Waals surface area (Å²) in [5.74, 6) is -0.801. The van der Waals surface area contributed by atoms with Crippen LogP contribution in [-0.4, -0.2) is 46.8 Å². The first-order valence-electron chi connectivity index (χ1n) is 13.3. The molecule has 0 radical (unpaired) electrons. The van der Waals surface area contributed by atoms with Gasteiger partial charge in [-0.15, -0.1) is 11.6 Å². The van der Waals surface area contributed by atoms with Crippen LogP contribution < -0.4 is 0 Å². The van der Waals surface area contributed by atoms with E-state index in [9.17, 15) is 0 Å².